The number of halogens is 1. The Kier molecular flexibility index (Phi) is 6.25. The zero-order valence-electron chi connectivity index (χ0n) is 14.3. The summed E-state index contributed by atoms with van der Waals surface area (Å²) in [6, 6.07) is 16.2. The Morgan fingerprint density at radius 2 is 1.81 bits per heavy atom. The summed E-state index contributed by atoms with van der Waals surface area (Å²) < 4.78 is 0.884. The number of rotatable bonds is 5. The second-order valence-corrected chi connectivity index (χ2v) is 7.35. The third-order valence-corrected chi connectivity index (χ3v) is 5.43. The van der Waals surface area contributed by atoms with Crippen molar-refractivity contribution in [3.63, 3.8) is 0 Å². The monoisotopic (exact) mass is 445 g/mol. The molecule has 0 radical (unpaired) electrons. The van der Waals surface area contributed by atoms with Crippen molar-refractivity contribution in [2.75, 3.05) is 7.05 Å². The van der Waals surface area contributed by atoms with Crippen LogP contribution in [-0.4, -0.2) is 34.2 Å². The lowest BCUT2D eigenvalue weighted by molar-refractivity contribution is -0.119. The van der Waals surface area contributed by atoms with Crippen LogP contribution in [0.15, 0.2) is 64.2 Å². The fraction of sp³-hybridized carbons (Fsp3) is 0.111. The van der Waals surface area contributed by atoms with Gasteiger partial charge in [0.2, 0.25) is 11.1 Å². The van der Waals surface area contributed by atoms with E-state index in [0.717, 1.165) is 27.4 Å². The van der Waals surface area contributed by atoms with Gasteiger partial charge < -0.3 is 5.32 Å². The van der Waals surface area contributed by atoms with Gasteiger partial charge in [0.25, 0.3) is 0 Å². The third kappa shape index (κ3) is 4.75. The second kappa shape index (κ2) is 8.83. The van der Waals surface area contributed by atoms with Crippen molar-refractivity contribution >= 4 is 39.6 Å². The molecule has 1 unspecified atom stereocenters. The molecule has 0 aliphatic heterocycles. The molecular weight excluding hydrogens is 430 g/mol. The quantitative estimate of drug-likeness (QED) is 0.521. The van der Waals surface area contributed by atoms with Gasteiger partial charge in [0.15, 0.2) is 5.82 Å². The molecule has 7 nitrogen and oxygen atoms in total. The summed E-state index contributed by atoms with van der Waals surface area (Å²) in [6.07, 6.45) is 0. The van der Waals surface area contributed by atoms with Crippen LogP contribution in [0, 0.1) is 0 Å². The van der Waals surface area contributed by atoms with E-state index >= 15 is 0 Å². The SMILES string of the molecule is CNC(=O)NC(=O)C(Sc1n[nH]c(-c2ccccc2Br)n1)c1ccccc1. The number of benzene rings is 2. The maximum absolute atomic E-state index is 12.6. The van der Waals surface area contributed by atoms with Gasteiger partial charge in [-0.3, -0.25) is 15.2 Å². The van der Waals surface area contributed by atoms with Gasteiger partial charge in [-0.15, -0.1) is 5.10 Å². The highest BCUT2D eigenvalue weighted by atomic mass is 79.9. The second-order valence-electron chi connectivity index (χ2n) is 5.42. The highest BCUT2D eigenvalue weighted by Gasteiger charge is 2.25. The molecule has 0 saturated heterocycles. The average Bonchev–Trinajstić information content (AvgIpc) is 3.15. The van der Waals surface area contributed by atoms with Crippen molar-refractivity contribution in [1.82, 2.24) is 25.8 Å². The molecule has 9 heteroatoms. The summed E-state index contributed by atoms with van der Waals surface area (Å²) in [5, 5.41) is 11.5. The molecule has 2 aromatic carbocycles. The van der Waals surface area contributed by atoms with Gasteiger partial charge >= 0.3 is 6.03 Å². The zero-order valence-corrected chi connectivity index (χ0v) is 16.7. The highest BCUT2D eigenvalue weighted by Crippen LogP contribution is 2.35. The number of aromatic nitrogens is 3. The van der Waals surface area contributed by atoms with E-state index in [1.807, 2.05) is 54.6 Å². The van der Waals surface area contributed by atoms with Crippen molar-refractivity contribution in [3.8, 4) is 11.4 Å². The van der Waals surface area contributed by atoms with E-state index in [0.29, 0.717) is 11.0 Å². The number of thioether (sulfide) groups is 1. The third-order valence-electron chi connectivity index (χ3n) is 3.62. The number of amides is 3. The topological polar surface area (TPSA) is 99.8 Å². The molecular formula is C18H16BrN5O2S. The van der Waals surface area contributed by atoms with Gasteiger partial charge in [-0.05, 0) is 11.6 Å². The summed E-state index contributed by atoms with van der Waals surface area (Å²) in [5.74, 6) is 0.140. The normalized spacial score (nSPS) is 11.6. The first-order valence-corrected chi connectivity index (χ1v) is 9.67. The fourth-order valence-corrected chi connectivity index (χ4v) is 3.70. The van der Waals surface area contributed by atoms with Crippen LogP contribution in [0.3, 0.4) is 0 Å². The zero-order chi connectivity index (χ0) is 19.2. The number of hydrogen-bond acceptors (Lipinski definition) is 5. The number of nitrogens with zero attached hydrogens (tertiary/aromatic N) is 2. The Balaban J connectivity index is 1.85. The van der Waals surface area contributed by atoms with E-state index in [1.54, 1.807) is 0 Å². The molecule has 3 N–H and O–H groups in total. The predicted octanol–water partition coefficient (Wildman–Crippen LogP) is 3.52. The van der Waals surface area contributed by atoms with Gasteiger partial charge in [-0.1, -0.05) is 76.2 Å². The number of imide groups is 1. The predicted molar refractivity (Wildman–Crippen MR) is 107 cm³/mol. The molecule has 0 aliphatic carbocycles. The lowest BCUT2D eigenvalue weighted by atomic mass is 10.1. The number of hydrogen-bond donors (Lipinski definition) is 3. The van der Waals surface area contributed by atoms with E-state index in [-0.39, 0.29) is 0 Å². The standard InChI is InChI=1S/C18H16BrN5O2S/c1-20-17(26)22-16(25)14(11-7-3-2-4-8-11)27-18-21-15(23-24-18)12-9-5-6-10-13(12)19/h2-10,14H,1H3,(H,21,23,24)(H2,20,22,25,26). The lowest BCUT2D eigenvalue weighted by Gasteiger charge is -2.14. The van der Waals surface area contributed by atoms with Crippen LogP contribution in [-0.2, 0) is 4.79 Å². The van der Waals surface area contributed by atoms with E-state index in [1.165, 1.54) is 7.05 Å². The maximum atomic E-state index is 12.6. The molecule has 1 aromatic heterocycles. The average molecular weight is 446 g/mol. The van der Waals surface area contributed by atoms with Crippen molar-refractivity contribution < 1.29 is 9.59 Å². The van der Waals surface area contributed by atoms with Crippen LogP contribution >= 0.6 is 27.7 Å². The van der Waals surface area contributed by atoms with E-state index < -0.39 is 17.2 Å². The molecule has 3 aromatic rings. The fourth-order valence-electron chi connectivity index (χ4n) is 2.32. The summed E-state index contributed by atoms with van der Waals surface area (Å²) >= 11 is 4.65. The van der Waals surface area contributed by atoms with Crippen molar-refractivity contribution in [3.05, 3.63) is 64.6 Å². The Labute approximate surface area is 168 Å². The molecule has 3 rings (SSSR count). The van der Waals surface area contributed by atoms with Crippen LogP contribution in [0.5, 0.6) is 0 Å². The van der Waals surface area contributed by atoms with Gasteiger partial charge in [-0.25, -0.2) is 9.78 Å². The lowest BCUT2D eigenvalue weighted by Crippen LogP contribution is -2.39. The minimum absolute atomic E-state index is 0.404. The molecule has 3 amide bonds. The minimum Gasteiger partial charge on any atom is -0.341 e. The molecule has 138 valence electrons. The molecule has 0 aliphatic rings. The Bertz CT molecular complexity index is 948. The molecule has 0 saturated carbocycles. The first kappa shape index (κ1) is 19.1. The smallest absolute Gasteiger partial charge is 0.321 e. The Morgan fingerprint density at radius 1 is 1.11 bits per heavy atom. The number of carbonyl (C=O) groups is 2. The van der Waals surface area contributed by atoms with Gasteiger partial charge in [0.05, 0.1) is 0 Å². The molecule has 0 fully saturated rings. The summed E-state index contributed by atoms with van der Waals surface area (Å²) in [7, 11) is 1.45. The van der Waals surface area contributed by atoms with E-state index in [4.69, 9.17) is 0 Å². The summed E-state index contributed by atoms with van der Waals surface area (Å²) in [6.45, 7) is 0. The van der Waals surface area contributed by atoms with Gasteiger partial charge in [0.1, 0.15) is 5.25 Å². The number of carbonyl (C=O) groups excluding carboxylic acids is 2. The van der Waals surface area contributed by atoms with E-state index in [9.17, 15) is 9.59 Å². The van der Waals surface area contributed by atoms with Gasteiger partial charge in [-0.2, -0.15) is 0 Å². The molecule has 0 bridgehead atoms. The molecule has 1 heterocycles. The number of urea groups is 1. The first-order valence-electron chi connectivity index (χ1n) is 8.00. The summed E-state index contributed by atoms with van der Waals surface area (Å²) in [4.78, 5) is 28.6. The highest BCUT2D eigenvalue weighted by molar-refractivity contribution is 9.10. The first-order chi connectivity index (χ1) is 13.1. The summed E-state index contributed by atoms with van der Waals surface area (Å²) in [5.41, 5.74) is 1.61. The van der Waals surface area contributed by atoms with Gasteiger partial charge in [0, 0.05) is 17.1 Å². The van der Waals surface area contributed by atoms with Crippen molar-refractivity contribution in [2.24, 2.45) is 0 Å². The van der Waals surface area contributed by atoms with E-state index in [2.05, 4.69) is 41.7 Å². The van der Waals surface area contributed by atoms with Crippen LogP contribution in [0.25, 0.3) is 11.4 Å². The molecule has 27 heavy (non-hydrogen) atoms. The molecule has 1 atom stereocenters. The van der Waals surface area contributed by atoms with Crippen LogP contribution < -0.4 is 10.6 Å². The number of nitrogens with one attached hydrogen (secondary N) is 3. The van der Waals surface area contributed by atoms with Crippen LogP contribution in [0.1, 0.15) is 10.8 Å². The number of aromatic amines is 1. The van der Waals surface area contributed by atoms with Crippen molar-refractivity contribution in [2.45, 2.75) is 10.4 Å². The maximum Gasteiger partial charge on any atom is 0.321 e. The Hall–Kier alpha value is -2.65. The van der Waals surface area contributed by atoms with Crippen LogP contribution in [0.2, 0.25) is 0 Å². The Morgan fingerprint density at radius 3 is 2.52 bits per heavy atom. The van der Waals surface area contributed by atoms with Crippen LogP contribution in [0.4, 0.5) is 4.79 Å². The number of H-pyrrole nitrogens is 1. The largest absolute Gasteiger partial charge is 0.341 e. The minimum atomic E-state index is -0.675. The molecule has 0 spiro atoms. The van der Waals surface area contributed by atoms with Crippen molar-refractivity contribution in [1.29, 1.82) is 0 Å².